The molecule has 1 saturated heterocycles. The molecule has 0 bridgehead atoms. The minimum atomic E-state index is -1.99. The molecule has 104 valence electrons. The van der Waals surface area contributed by atoms with Gasteiger partial charge in [-0.3, -0.25) is 19.7 Å². The number of benzene rings is 1. The van der Waals surface area contributed by atoms with Gasteiger partial charge in [0.25, 0.3) is 5.91 Å². The second-order valence-electron chi connectivity index (χ2n) is 4.92. The molecule has 1 atom stereocenters. The minimum absolute atomic E-state index is 0.202. The number of nitrogens with two attached hydrogens (primary N) is 1. The first kappa shape index (κ1) is 10.6. The third kappa shape index (κ3) is 1.98. The maximum atomic E-state index is 12.4. The summed E-state index contributed by atoms with van der Waals surface area (Å²) < 4.78 is 15.1. The van der Waals surface area contributed by atoms with Crippen molar-refractivity contribution in [3.05, 3.63) is 34.9 Å². The Hall–Kier alpha value is -2.21. The lowest BCUT2D eigenvalue weighted by molar-refractivity contribution is -0.136. The Kier molecular flexibility index (Phi) is 2.49. The van der Waals surface area contributed by atoms with E-state index in [2.05, 4.69) is 5.32 Å². The van der Waals surface area contributed by atoms with Gasteiger partial charge in [0.05, 0.1) is 0 Å². The van der Waals surface area contributed by atoms with Gasteiger partial charge in [-0.15, -0.1) is 0 Å². The number of hydrogen-bond donors (Lipinski definition) is 2. The van der Waals surface area contributed by atoms with Gasteiger partial charge in [-0.25, -0.2) is 0 Å². The zero-order chi connectivity index (χ0) is 16.1. The number of nitrogens with one attached hydrogen (secondary N) is 1. The topological polar surface area (TPSA) is 92.5 Å². The van der Waals surface area contributed by atoms with Crippen LogP contribution in [0.2, 0.25) is 0 Å². The van der Waals surface area contributed by atoms with Crippen LogP contribution in [0.1, 0.15) is 37.1 Å². The van der Waals surface area contributed by atoms with Crippen molar-refractivity contribution in [3.63, 3.8) is 0 Å². The lowest BCUT2D eigenvalue weighted by atomic mass is 10.0. The normalized spacial score (nSPS) is 24.1. The molecule has 3 rings (SSSR count). The number of carbonyl (C=O) groups excluding carboxylic acids is 3. The molecule has 0 spiro atoms. The monoisotopic (exact) mass is 275 g/mol. The Morgan fingerprint density at radius 1 is 1.40 bits per heavy atom. The van der Waals surface area contributed by atoms with E-state index in [0.717, 1.165) is 0 Å². The van der Waals surface area contributed by atoms with Gasteiger partial charge in [0.2, 0.25) is 11.8 Å². The van der Waals surface area contributed by atoms with E-state index in [1.807, 2.05) is 0 Å². The standard InChI is InChI=1S/C14H15N3O3/c15-6-8-1-2-10-9(5-8)7-17(14(10)20)11-3-4-12(18)16-13(11)19/h1-2,5,11H,3-4,6-7,15H2,(H,16,18,19)/i6D2. The predicted molar refractivity (Wildman–Crippen MR) is 70.4 cm³/mol. The van der Waals surface area contributed by atoms with Crippen molar-refractivity contribution in [1.29, 1.82) is 0 Å². The largest absolute Gasteiger partial charge is 0.326 e. The highest BCUT2D eigenvalue weighted by atomic mass is 16.2. The Bertz CT molecular complexity index is 684. The SMILES string of the molecule is [2H]C([2H])(N)c1ccc2c(c1)CN(C1CCC(=O)NC1=O)C2=O. The number of nitrogens with zero attached hydrogens (tertiary/aromatic N) is 1. The highest BCUT2D eigenvalue weighted by Crippen LogP contribution is 2.28. The van der Waals surface area contributed by atoms with Gasteiger partial charge in [0.1, 0.15) is 6.04 Å². The zero-order valence-electron chi connectivity index (χ0n) is 12.7. The van der Waals surface area contributed by atoms with Crippen molar-refractivity contribution in [2.75, 3.05) is 0 Å². The summed E-state index contributed by atoms with van der Waals surface area (Å²) in [5, 5.41) is 2.24. The summed E-state index contributed by atoms with van der Waals surface area (Å²) in [6.45, 7) is -1.77. The van der Waals surface area contributed by atoms with E-state index in [1.54, 1.807) is 6.07 Å². The van der Waals surface area contributed by atoms with Gasteiger partial charge in [0.15, 0.2) is 0 Å². The van der Waals surface area contributed by atoms with E-state index >= 15 is 0 Å². The zero-order valence-corrected chi connectivity index (χ0v) is 10.7. The average molecular weight is 275 g/mol. The third-order valence-corrected chi connectivity index (χ3v) is 3.69. The van der Waals surface area contributed by atoms with Crippen LogP contribution in [-0.2, 0) is 22.6 Å². The van der Waals surface area contributed by atoms with Gasteiger partial charge < -0.3 is 10.6 Å². The van der Waals surface area contributed by atoms with Crippen molar-refractivity contribution in [2.45, 2.75) is 31.9 Å². The smallest absolute Gasteiger partial charge is 0.255 e. The fourth-order valence-electron chi connectivity index (χ4n) is 2.66. The van der Waals surface area contributed by atoms with E-state index in [-0.39, 0.29) is 30.3 Å². The fourth-order valence-corrected chi connectivity index (χ4v) is 2.66. The van der Waals surface area contributed by atoms with Crippen molar-refractivity contribution < 1.29 is 17.1 Å². The molecule has 1 aromatic carbocycles. The highest BCUT2D eigenvalue weighted by molar-refractivity contribution is 6.05. The van der Waals surface area contributed by atoms with Gasteiger partial charge in [-0.1, -0.05) is 12.1 Å². The van der Waals surface area contributed by atoms with E-state index in [0.29, 0.717) is 17.5 Å². The van der Waals surface area contributed by atoms with E-state index in [4.69, 9.17) is 8.48 Å². The van der Waals surface area contributed by atoms with Crippen LogP contribution >= 0.6 is 0 Å². The van der Waals surface area contributed by atoms with Crippen LogP contribution in [0.3, 0.4) is 0 Å². The average Bonchev–Trinajstić information content (AvgIpc) is 2.75. The number of amides is 3. The third-order valence-electron chi connectivity index (χ3n) is 3.69. The molecule has 3 amide bonds. The summed E-state index contributed by atoms with van der Waals surface area (Å²) in [5.74, 6) is -1.08. The molecular weight excluding hydrogens is 258 g/mol. The summed E-state index contributed by atoms with van der Waals surface area (Å²) in [6, 6.07) is 3.89. The molecule has 6 nitrogen and oxygen atoms in total. The second-order valence-corrected chi connectivity index (χ2v) is 4.92. The molecule has 20 heavy (non-hydrogen) atoms. The quantitative estimate of drug-likeness (QED) is 0.738. The molecule has 1 unspecified atom stereocenters. The molecular formula is C14H15N3O3. The van der Waals surface area contributed by atoms with Crippen molar-refractivity contribution in [3.8, 4) is 0 Å². The molecule has 1 fully saturated rings. The molecule has 2 aliphatic heterocycles. The molecule has 0 radical (unpaired) electrons. The number of fused-ring (bicyclic) bond motifs is 1. The van der Waals surface area contributed by atoms with Gasteiger partial charge >= 0.3 is 0 Å². The summed E-state index contributed by atoms with van der Waals surface area (Å²) >= 11 is 0. The Balaban J connectivity index is 1.88. The molecule has 6 heteroatoms. The van der Waals surface area contributed by atoms with Crippen LogP contribution in [-0.4, -0.2) is 28.7 Å². The van der Waals surface area contributed by atoms with Gasteiger partial charge in [-0.2, -0.15) is 0 Å². The predicted octanol–water partition coefficient (Wildman–Crippen LogP) is -0.0937. The van der Waals surface area contributed by atoms with Gasteiger partial charge in [0, 0.05) is 27.8 Å². The van der Waals surface area contributed by atoms with Crippen LogP contribution in [0.4, 0.5) is 0 Å². The molecule has 2 aliphatic rings. The first-order valence-corrected chi connectivity index (χ1v) is 6.34. The first-order chi connectivity index (χ1) is 10.3. The first-order valence-electron chi connectivity index (χ1n) is 7.34. The fraction of sp³-hybridized carbons (Fsp3) is 0.357. The van der Waals surface area contributed by atoms with Crippen LogP contribution < -0.4 is 11.1 Å². The number of imide groups is 1. The Morgan fingerprint density at radius 2 is 2.20 bits per heavy atom. The summed E-state index contributed by atoms with van der Waals surface area (Å²) in [5.41, 5.74) is 6.80. The lowest BCUT2D eigenvalue weighted by Gasteiger charge is -2.29. The van der Waals surface area contributed by atoms with Crippen LogP contribution in [0.15, 0.2) is 18.2 Å². The number of piperidine rings is 1. The Labute approximate surface area is 118 Å². The molecule has 0 aromatic heterocycles. The van der Waals surface area contributed by atoms with E-state index in [1.165, 1.54) is 17.0 Å². The molecule has 0 aliphatic carbocycles. The van der Waals surface area contributed by atoms with Crippen LogP contribution in [0.25, 0.3) is 0 Å². The number of hydrogen-bond acceptors (Lipinski definition) is 4. The summed E-state index contributed by atoms with van der Waals surface area (Å²) in [4.78, 5) is 36.9. The Morgan fingerprint density at radius 3 is 2.90 bits per heavy atom. The molecule has 2 heterocycles. The van der Waals surface area contributed by atoms with Crippen molar-refractivity contribution in [2.24, 2.45) is 5.73 Å². The maximum absolute atomic E-state index is 12.4. The second kappa shape index (κ2) is 4.72. The highest BCUT2D eigenvalue weighted by Gasteiger charge is 2.38. The van der Waals surface area contributed by atoms with E-state index < -0.39 is 18.4 Å². The van der Waals surface area contributed by atoms with Gasteiger partial charge in [-0.05, 0) is 23.6 Å². The maximum Gasteiger partial charge on any atom is 0.255 e. The number of rotatable bonds is 2. The molecule has 0 saturated carbocycles. The summed E-state index contributed by atoms with van der Waals surface area (Å²) in [7, 11) is 0. The van der Waals surface area contributed by atoms with Crippen LogP contribution in [0.5, 0.6) is 0 Å². The minimum Gasteiger partial charge on any atom is -0.326 e. The lowest BCUT2D eigenvalue weighted by Crippen LogP contribution is -2.52. The summed E-state index contributed by atoms with van der Waals surface area (Å²) in [6.07, 6.45) is 0.502. The number of carbonyl (C=O) groups is 3. The molecule has 1 aromatic rings. The van der Waals surface area contributed by atoms with Crippen molar-refractivity contribution in [1.82, 2.24) is 10.2 Å². The van der Waals surface area contributed by atoms with Crippen LogP contribution in [0, 0.1) is 0 Å². The molecule has 3 N–H and O–H groups in total. The van der Waals surface area contributed by atoms with E-state index in [9.17, 15) is 14.4 Å². The van der Waals surface area contributed by atoms with Crippen molar-refractivity contribution >= 4 is 17.7 Å².